The minimum Gasteiger partial charge on any atom is -0.297 e. The number of aromatic nitrogens is 2. The molecule has 0 unspecified atom stereocenters. The summed E-state index contributed by atoms with van der Waals surface area (Å²) in [7, 11) is 0. The summed E-state index contributed by atoms with van der Waals surface area (Å²) in [6.07, 6.45) is 4.22. The largest absolute Gasteiger partial charge is 0.297 e. The Hall–Kier alpha value is -1.82. The van der Waals surface area contributed by atoms with Crippen molar-refractivity contribution >= 4 is 33.1 Å². The van der Waals surface area contributed by atoms with Gasteiger partial charge in [-0.2, -0.15) is 0 Å². The Labute approximate surface area is 132 Å². The van der Waals surface area contributed by atoms with Crippen molar-refractivity contribution in [1.82, 2.24) is 9.55 Å². The van der Waals surface area contributed by atoms with Crippen LogP contribution in [0.5, 0.6) is 0 Å². The fraction of sp³-hybridized carbons (Fsp3) is 0.500. The summed E-state index contributed by atoms with van der Waals surface area (Å²) in [5.74, 6) is -0.0630. The van der Waals surface area contributed by atoms with Crippen LogP contribution in [0.4, 0.5) is 0 Å². The van der Waals surface area contributed by atoms with Crippen LogP contribution in [-0.2, 0) is 22.4 Å². The smallest absolute Gasteiger partial charge is 0.263 e. The molecule has 0 spiro atoms. The number of rotatable bonds is 3. The zero-order chi connectivity index (χ0) is 16.0. The van der Waals surface area contributed by atoms with Gasteiger partial charge in [0.15, 0.2) is 17.6 Å². The highest BCUT2D eigenvalue weighted by Gasteiger charge is 2.27. The molecular formula is C16H18N2O3S. The van der Waals surface area contributed by atoms with E-state index >= 15 is 0 Å². The van der Waals surface area contributed by atoms with Crippen LogP contribution in [-0.4, -0.2) is 21.1 Å². The second-order valence-corrected chi connectivity index (χ2v) is 7.20. The number of hydrogen-bond acceptors (Lipinski definition) is 5. The van der Waals surface area contributed by atoms with Crippen molar-refractivity contribution in [3.63, 3.8) is 0 Å². The van der Waals surface area contributed by atoms with E-state index in [1.165, 1.54) is 29.6 Å². The number of carbonyl (C=O) groups is 2. The second kappa shape index (κ2) is 5.43. The lowest BCUT2D eigenvalue weighted by Gasteiger charge is -2.18. The molecule has 3 rings (SSSR count). The molecule has 2 aromatic heterocycles. The fourth-order valence-corrected chi connectivity index (χ4v) is 4.55. The molecule has 6 heteroatoms. The Morgan fingerprint density at radius 3 is 2.68 bits per heavy atom. The van der Waals surface area contributed by atoms with Crippen LogP contribution in [0.2, 0.25) is 0 Å². The molecule has 0 amide bonds. The van der Waals surface area contributed by atoms with Crippen LogP contribution < -0.4 is 5.56 Å². The highest BCUT2D eigenvalue weighted by atomic mass is 32.1. The van der Waals surface area contributed by atoms with E-state index in [2.05, 4.69) is 11.9 Å². The summed E-state index contributed by atoms with van der Waals surface area (Å²) in [6, 6.07) is -1.07. The number of aryl methyl sites for hydroxylation is 1. The van der Waals surface area contributed by atoms with Gasteiger partial charge in [0.2, 0.25) is 0 Å². The molecule has 0 aliphatic heterocycles. The lowest BCUT2D eigenvalue weighted by molar-refractivity contribution is -0.129. The summed E-state index contributed by atoms with van der Waals surface area (Å²) < 4.78 is 1.19. The van der Waals surface area contributed by atoms with Crippen LogP contribution in [0.1, 0.15) is 43.7 Å². The van der Waals surface area contributed by atoms with Gasteiger partial charge in [-0.3, -0.25) is 19.0 Å². The number of nitrogens with zero attached hydrogens (tertiary/aromatic N) is 2. The number of carbonyl (C=O) groups excluding carboxylic acids is 2. The summed E-state index contributed by atoms with van der Waals surface area (Å²) >= 11 is 1.56. The maximum atomic E-state index is 12.8. The zero-order valence-electron chi connectivity index (χ0n) is 12.9. The summed E-state index contributed by atoms with van der Waals surface area (Å²) in [6.45, 7) is 4.86. The highest BCUT2D eigenvalue weighted by molar-refractivity contribution is 7.18. The summed E-state index contributed by atoms with van der Waals surface area (Å²) in [5.41, 5.74) is 0.795. The van der Waals surface area contributed by atoms with Crippen molar-refractivity contribution in [1.29, 1.82) is 0 Å². The van der Waals surface area contributed by atoms with Crippen molar-refractivity contribution in [2.24, 2.45) is 5.92 Å². The van der Waals surface area contributed by atoms with Crippen molar-refractivity contribution in [3.05, 3.63) is 27.1 Å². The molecule has 5 nitrogen and oxygen atoms in total. The SMILES string of the molecule is CC(=O)C(C(C)=O)n1cnc2sc3c(c2c1=O)CC[C@@H](C)C3. The number of fused-ring (bicyclic) bond motifs is 3. The first-order chi connectivity index (χ1) is 10.4. The molecule has 0 fully saturated rings. The molecule has 1 aliphatic rings. The molecular weight excluding hydrogens is 300 g/mol. The molecule has 0 saturated heterocycles. The predicted octanol–water partition coefficient (Wildman–Crippen LogP) is 2.30. The minimum absolute atomic E-state index is 0.271. The average Bonchev–Trinajstić information content (AvgIpc) is 2.78. The van der Waals surface area contributed by atoms with Gasteiger partial charge in [0.1, 0.15) is 11.2 Å². The van der Waals surface area contributed by atoms with Crippen molar-refractivity contribution in [3.8, 4) is 0 Å². The molecule has 0 radical (unpaired) electrons. The molecule has 0 bridgehead atoms. The Balaban J connectivity index is 2.24. The first kappa shape index (κ1) is 15.1. The van der Waals surface area contributed by atoms with E-state index in [1.807, 2.05) is 0 Å². The normalized spacial score (nSPS) is 17.7. The molecule has 0 N–H and O–H groups in total. The van der Waals surface area contributed by atoms with Gasteiger partial charge < -0.3 is 0 Å². The average molecular weight is 318 g/mol. The maximum Gasteiger partial charge on any atom is 0.263 e. The van der Waals surface area contributed by atoms with Gasteiger partial charge in [-0.05, 0) is 44.6 Å². The Morgan fingerprint density at radius 1 is 1.36 bits per heavy atom. The van der Waals surface area contributed by atoms with Gasteiger partial charge in [0, 0.05) is 4.88 Å². The molecule has 116 valence electrons. The Bertz CT molecular complexity index is 820. The van der Waals surface area contributed by atoms with E-state index in [-0.39, 0.29) is 17.1 Å². The molecule has 22 heavy (non-hydrogen) atoms. The van der Waals surface area contributed by atoms with Gasteiger partial charge in [0.05, 0.1) is 5.39 Å². The van der Waals surface area contributed by atoms with E-state index in [9.17, 15) is 14.4 Å². The molecule has 2 aromatic rings. The van der Waals surface area contributed by atoms with Gasteiger partial charge in [0.25, 0.3) is 5.56 Å². The van der Waals surface area contributed by atoms with E-state index in [0.29, 0.717) is 16.1 Å². The quantitative estimate of drug-likeness (QED) is 0.814. The first-order valence-electron chi connectivity index (χ1n) is 7.42. The standard InChI is InChI=1S/C16H18N2O3S/c1-8-4-5-11-12(6-8)22-15-13(11)16(21)18(7-17-15)14(9(2)19)10(3)20/h7-8,14H,4-6H2,1-3H3/t8-/m1/s1. The third-order valence-corrected chi connectivity index (χ3v) is 5.45. The van der Waals surface area contributed by atoms with Crippen LogP contribution in [0.25, 0.3) is 10.2 Å². The minimum atomic E-state index is -1.07. The summed E-state index contributed by atoms with van der Waals surface area (Å²) in [5, 5.41) is 0.599. The van der Waals surface area contributed by atoms with Crippen LogP contribution >= 0.6 is 11.3 Å². The van der Waals surface area contributed by atoms with E-state index < -0.39 is 6.04 Å². The third kappa shape index (κ3) is 2.31. The number of ketones is 2. The number of thiophene rings is 1. The molecule has 0 saturated carbocycles. The van der Waals surface area contributed by atoms with Crippen LogP contribution in [0, 0.1) is 5.92 Å². The Kier molecular flexibility index (Phi) is 3.72. The second-order valence-electron chi connectivity index (χ2n) is 6.11. The van der Waals surface area contributed by atoms with Crippen molar-refractivity contribution in [2.45, 2.75) is 46.1 Å². The topological polar surface area (TPSA) is 69.0 Å². The van der Waals surface area contributed by atoms with Crippen LogP contribution in [0.3, 0.4) is 0 Å². The lowest BCUT2D eigenvalue weighted by atomic mass is 9.89. The molecule has 1 aliphatic carbocycles. The van der Waals surface area contributed by atoms with Crippen LogP contribution in [0.15, 0.2) is 11.1 Å². The van der Waals surface area contributed by atoms with E-state index in [4.69, 9.17) is 0 Å². The zero-order valence-corrected chi connectivity index (χ0v) is 13.7. The van der Waals surface area contributed by atoms with Gasteiger partial charge >= 0.3 is 0 Å². The Morgan fingerprint density at radius 2 is 2.05 bits per heavy atom. The predicted molar refractivity (Wildman–Crippen MR) is 85.5 cm³/mol. The first-order valence-corrected chi connectivity index (χ1v) is 8.24. The van der Waals surface area contributed by atoms with Gasteiger partial charge in [-0.25, -0.2) is 4.98 Å². The lowest BCUT2D eigenvalue weighted by Crippen LogP contribution is -2.33. The molecule has 0 aromatic carbocycles. The highest BCUT2D eigenvalue weighted by Crippen LogP contribution is 2.35. The van der Waals surface area contributed by atoms with Gasteiger partial charge in [-0.1, -0.05) is 6.92 Å². The maximum absolute atomic E-state index is 12.8. The molecule has 1 atom stereocenters. The van der Waals surface area contributed by atoms with Crippen molar-refractivity contribution in [2.75, 3.05) is 0 Å². The van der Waals surface area contributed by atoms with Gasteiger partial charge in [-0.15, -0.1) is 11.3 Å². The van der Waals surface area contributed by atoms with E-state index in [0.717, 1.165) is 24.8 Å². The monoisotopic (exact) mass is 318 g/mol. The number of hydrogen-bond donors (Lipinski definition) is 0. The van der Waals surface area contributed by atoms with E-state index in [1.54, 1.807) is 11.3 Å². The fourth-order valence-electron chi connectivity index (χ4n) is 3.21. The van der Waals surface area contributed by atoms with Crippen molar-refractivity contribution < 1.29 is 9.59 Å². The third-order valence-electron chi connectivity index (χ3n) is 4.29. The molecule has 2 heterocycles. The summed E-state index contributed by atoms with van der Waals surface area (Å²) in [4.78, 5) is 42.6. The number of Topliss-reactive ketones (excluding diaryl/α,β-unsaturated/α-hetero) is 2.